The molecule has 58 heavy (non-hydrogen) atoms. The zero-order valence-corrected chi connectivity index (χ0v) is 32.1. The molecule has 0 radical (unpaired) electrons. The Labute approximate surface area is 338 Å². The van der Waals surface area contributed by atoms with Gasteiger partial charge in [0.2, 0.25) is 0 Å². The van der Waals surface area contributed by atoms with Gasteiger partial charge in [0.25, 0.3) is 0 Å². The van der Waals surface area contributed by atoms with Gasteiger partial charge >= 0.3 is 0 Å². The molecule has 12 rings (SSSR count). The highest BCUT2D eigenvalue weighted by Gasteiger charge is 2.17. The van der Waals surface area contributed by atoms with Gasteiger partial charge in [-0.15, -0.1) is 11.3 Å². The summed E-state index contributed by atoms with van der Waals surface area (Å²) in [6, 6.07) is 72.0. The van der Waals surface area contributed by atoms with Gasteiger partial charge in [-0.1, -0.05) is 133 Å². The number of benzene rings is 9. The van der Waals surface area contributed by atoms with Crippen molar-refractivity contribution in [3.05, 3.63) is 200 Å². The van der Waals surface area contributed by atoms with E-state index in [1.165, 1.54) is 75.0 Å². The molecule has 9 aromatic carbocycles. The lowest BCUT2D eigenvalue weighted by atomic mass is 9.99. The quantitative estimate of drug-likeness (QED) is 0.175. The van der Waals surface area contributed by atoms with Crippen LogP contribution >= 0.6 is 11.3 Å². The Balaban J connectivity index is 0.936. The maximum absolute atomic E-state index is 5.20. The first-order chi connectivity index (χ1) is 28.7. The van der Waals surface area contributed by atoms with Gasteiger partial charge in [0.05, 0.1) is 22.2 Å². The number of nitrogens with zero attached hydrogens (tertiary/aromatic N) is 3. The number of fused-ring (bicyclic) bond motifs is 9. The van der Waals surface area contributed by atoms with Gasteiger partial charge in [-0.2, -0.15) is 0 Å². The third kappa shape index (κ3) is 5.27. The van der Waals surface area contributed by atoms with Crippen LogP contribution in [0.2, 0.25) is 0 Å². The molecule has 0 bridgehead atoms. The summed E-state index contributed by atoms with van der Waals surface area (Å²) in [7, 11) is 0. The summed E-state index contributed by atoms with van der Waals surface area (Å²) in [5.74, 6) is 0.711. The minimum absolute atomic E-state index is 0.711. The minimum atomic E-state index is 0.711. The first-order valence-electron chi connectivity index (χ1n) is 19.6. The largest absolute Gasteiger partial charge is 0.309 e. The van der Waals surface area contributed by atoms with Crippen molar-refractivity contribution in [1.82, 2.24) is 14.5 Å². The molecule has 4 heteroatoms. The van der Waals surface area contributed by atoms with E-state index in [0.717, 1.165) is 33.4 Å². The Hall–Kier alpha value is -7.40. The van der Waals surface area contributed by atoms with Gasteiger partial charge in [0.1, 0.15) is 0 Å². The molecule has 0 saturated heterocycles. The zero-order valence-electron chi connectivity index (χ0n) is 31.3. The molecule has 0 saturated carbocycles. The predicted molar refractivity (Wildman–Crippen MR) is 246 cm³/mol. The summed E-state index contributed by atoms with van der Waals surface area (Å²) in [6.07, 6.45) is 0. The van der Waals surface area contributed by atoms with Crippen LogP contribution in [0.5, 0.6) is 0 Å². The number of para-hydroxylation sites is 2. The molecule has 3 heterocycles. The standard InChI is InChI=1S/C54H33N3S/c1-2-10-34(11-3-1)35-18-20-37(21-19-35)53-44-15-6-8-16-47(44)55-54(56-53)38-22-27-41(28-23-38)57-48-17-9-7-14-43(48)45-32-39(24-29-49(45)57)40-26-30-50-46(33-40)52-42-13-5-4-12-36(42)25-31-51(52)58-50/h1-33H. The van der Waals surface area contributed by atoms with E-state index in [4.69, 9.17) is 9.97 Å². The maximum Gasteiger partial charge on any atom is 0.160 e. The lowest BCUT2D eigenvalue weighted by Gasteiger charge is -2.12. The zero-order chi connectivity index (χ0) is 38.2. The second kappa shape index (κ2) is 13.1. The molecule has 0 spiro atoms. The Morgan fingerprint density at radius 3 is 1.81 bits per heavy atom. The Kier molecular flexibility index (Phi) is 7.40. The van der Waals surface area contributed by atoms with Gasteiger partial charge in [0.15, 0.2) is 5.82 Å². The topological polar surface area (TPSA) is 30.7 Å². The molecular weight excluding hydrogens is 723 g/mol. The highest BCUT2D eigenvalue weighted by molar-refractivity contribution is 7.26. The number of hydrogen-bond donors (Lipinski definition) is 0. The van der Waals surface area contributed by atoms with Crippen molar-refractivity contribution >= 4 is 75.0 Å². The summed E-state index contributed by atoms with van der Waals surface area (Å²) in [5.41, 5.74) is 12.2. The molecule has 12 aromatic rings. The van der Waals surface area contributed by atoms with E-state index in [9.17, 15) is 0 Å². The number of thiophene rings is 1. The van der Waals surface area contributed by atoms with Crippen molar-refractivity contribution in [3.8, 4) is 50.6 Å². The molecule has 0 amide bonds. The molecule has 3 nitrogen and oxygen atoms in total. The fraction of sp³-hybridized carbons (Fsp3) is 0. The number of rotatable bonds is 5. The first kappa shape index (κ1) is 32.8. The van der Waals surface area contributed by atoms with E-state index in [1.54, 1.807) is 0 Å². The molecule has 0 aliphatic heterocycles. The van der Waals surface area contributed by atoms with Crippen LogP contribution in [-0.4, -0.2) is 14.5 Å². The van der Waals surface area contributed by atoms with Crippen molar-refractivity contribution in [1.29, 1.82) is 0 Å². The van der Waals surface area contributed by atoms with Crippen molar-refractivity contribution < 1.29 is 0 Å². The van der Waals surface area contributed by atoms with E-state index in [-0.39, 0.29) is 0 Å². The fourth-order valence-corrected chi connectivity index (χ4v) is 9.90. The minimum Gasteiger partial charge on any atom is -0.309 e. The van der Waals surface area contributed by atoms with Crippen LogP contribution in [0.15, 0.2) is 200 Å². The van der Waals surface area contributed by atoms with Crippen LogP contribution in [0.3, 0.4) is 0 Å². The molecule has 270 valence electrons. The Morgan fingerprint density at radius 2 is 0.966 bits per heavy atom. The van der Waals surface area contributed by atoms with Gasteiger partial charge in [-0.25, -0.2) is 9.97 Å². The third-order valence-corrected chi connectivity index (χ3v) is 12.8. The summed E-state index contributed by atoms with van der Waals surface area (Å²) in [6.45, 7) is 0. The summed E-state index contributed by atoms with van der Waals surface area (Å²) in [4.78, 5) is 10.3. The van der Waals surface area contributed by atoms with Crippen molar-refractivity contribution in [2.24, 2.45) is 0 Å². The summed E-state index contributed by atoms with van der Waals surface area (Å²) >= 11 is 1.87. The van der Waals surface area contributed by atoms with Crippen LogP contribution in [0, 0.1) is 0 Å². The fourth-order valence-electron chi connectivity index (χ4n) is 8.79. The van der Waals surface area contributed by atoms with Crippen molar-refractivity contribution in [2.45, 2.75) is 0 Å². The molecule has 0 aliphatic rings. The highest BCUT2D eigenvalue weighted by Crippen LogP contribution is 2.42. The van der Waals surface area contributed by atoms with Crippen molar-refractivity contribution in [2.75, 3.05) is 0 Å². The maximum atomic E-state index is 5.20. The number of aromatic nitrogens is 3. The monoisotopic (exact) mass is 755 g/mol. The SMILES string of the molecule is c1ccc(-c2ccc(-c3nc(-c4ccc(-n5c6ccccc6c6cc(-c7ccc8sc9ccc%10ccccc%10c9c8c7)ccc65)cc4)nc4ccccc34)cc2)cc1. The van der Waals surface area contributed by atoms with Gasteiger partial charge in [-0.05, 0) is 99.8 Å². The smallest absolute Gasteiger partial charge is 0.160 e. The van der Waals surface area contributed by atoms with Gasteiger partial charge < -0.3 is 4.57 Å². The average Bonchev–Trinajstić information content (AvgIpc) is 3.84. The van der Waals surface area contributed by atoms with Crippen LogP contribution in [0.25, 0.3) is 114 Å². The van der Waals surface area contributed by atoms with E-state index in [0.29, 0.717) is 5.82 Å². The normalized spacial score (nSPS) is 11.8. The average molecular weight is 756 g/mol. The van der Waals surface area contributed by atoms with E-state index >= 15 is 0 Å². The lowest BCUT2D eigenvalue weighted by molar-refractivity contribution is 1.17. The lowest BCUT2D eigenvalue weighted by Crippen LogP contribution is -1.97. The van der Waals surface area contributed by atoms with Crippen LogP contribution in [0.1, 0.15) is 0 Å². The second-order valence-electron chi connectivity index (χ2n) is 15.0. The van der Waals surface area contributed by atoms with E-state index in [2.05, 4.69) is 193 Å². The van der Waals surface area contributed by atoms with Crippen LogP contribution in [-0.2, 0) is 0 Å². The van der Waals surface area contributed by atoms with Gasteiger partial charge in [-0.3, -0.25) is 0 Å². The van der Waals surface area contributed by atoms with Crippen molar-refractivity contribution in [3.63, 3.8) is 0 Å². The third-order valence-electron chi connectivity index (χ3n) is 11.6. The van der Waals surface area contributed by atoms with Crippen LogP contribution < -0.4 is 0 Å². The molecule has 3 aromatic heterocycles. The summed E-state index contributed by atoms with van der Waals surface area (Å²) in [5, 5.41) is 8.77. The van der Waals surface area contributed by atoms with Gasteiger partial charge in [0, 0.05) is 53.1 Å². The Morgan fingerprint density at radius 1 is 0.362 bits per heavy atom. The molecule has 0 N–H and O–H groups in total. The molecule has 0 aliphatic carbocycles. The van der Waals surface area contributed by atoms with Crippen LogP contribution in [0.4, 0.5) is 0 Å². The number of hydrogen-bond acceptors (Lipinski definition) is 3. The summed E-state index contributed by atoms with van der Waals surface area (Å²) < 4.78 is 5.02. The highest BCUT2D eigenvalue weighted by atomic mass is 32.1. The first-order valence-corrected chi connectivity index (χ1v) is 20.5. The molecule has 0 unspecified atom stereocenters. The molecule has 0 atom stereocenters. The van der Waals surface area contributed by atoms with E-state index in [1.807, 2.05) is 23.5 Å². The van der Waals surface area contributed by atoms with E-state index < -0.39 is 0 Å². The molecule has 0 fully saturated rings. The second-order valence-corrected chi connectivity index (χ2v) is 16.0. The Bertz CT molecular complexity index is 3540. The molecular formula is C54H33N3S. The predicted octanol–water partition coefficient (Wildman–Crippen LogP) is 14.9.